The van der Waals surface area contributed by atoms with Gasteiger partial charge in [0.1, 0.15) is 0 Å². The number of benzene rings is 1. The average Bonchev–Trinajstić information content (AvgIpc) is 2.65. The fraction of sp³-hybridized carbons (Fsp3) is 0.364. The van der Waals surface area contributed by atoms with Crippen LogP contribution in [0.4, 0.5) is 0 Å². The largest absolute Gasteiger partial charge is 0.391 e. The Morgan fingerprint density at radius 2 is 2.20 bits per heavy atom. The van der Waals surface area contributed by atoms with E-state index >= 15 is 0 Å². The summed E-state index contributed by atoms with van der Waals surface area (Å²) in [6.45, 7) is 1.01. The molecule has 0 unspecified atom stereocenters. The van der Waals surface area contributed by atoms with Crippen LogP contribution in [0, 0.1) is 0 Å². The number of aliphatic hydroxyl groups is 1. The minimum atomic E-state index is -0.392. The molecule has 1 amide bonds. The molecule has 0 spiro atoms. The van der Waals surface area contributed by atoms with Gasteiger partial charge in [0.25, 0.3) is 5.91 Å². The van der Waals surface area contributed by atoms with E-state index in [1.807, 2.05) is 0 Å². The molecule has 1 saturated heterocycles. The summed E-state index contributed by atoms with van der Waals surface area (Å²) < 4.78 is 0. The Bertz CT molecular complexity index is 381. The molecular weight excluding hydrogens is 214 g/mol. The number of amides is 1. The summed E-state index contributed by atoms with van der Waals surface area (Å²) in [7, 11) is 0. The Morgan fingerprint density at radius 1 is 1.47 bits per heavy atom. The van der Waals surface area contributed by atoms with Gasteiger partial charge in [-0.15, -0.1) is 0 Å². The lowest BCUT2D eigenvalue weighted by Crippen LogP contribution is -2.29. The summed E-state index contributed by atoms with van der Waals surface area (Å²) in [6.07, 6.45) is 0.257. The lowest BCUT2D eigenvalue weighted by Gasteiger charge is -2.16. The lowest BCUT2D eigenvalue weighted by molar-refractivity contribution is 0.0765. The molecule has 0 radical (unpaired) electrons. The first-order chi connectivity index (χ1) is 7.18. The van der Waals surface area contributed by atoms with Crippen molar-refractivity contribution in [1.29, 1.82) is 0 Å². The molecular formula is C11H12ClNO2. The van der Waals surface area contributed by atoms with Gasteiger partial charge in [0.15, 0.2) is 0 Å². The molecule has 2 rings (SSSR count). The van der Waals surface area contributed by atoms with E-state index in [2.05, 4.69) is 0 Å². The molecule has 1 aromatic rings. The zero-order valence-electron chi connectivity index (χ0n) is 8.19. The second kappa shape index (κ2) is 4.21. The fourth-order valence-corrected chi connectivity index (χ4v) is 1.95. The highest BCUT2D eigenvalue weighted by Crippen LogP contribution is 2.19. The number of carbonyl (C=O) groups is 1. The molecule has 1 aliphatic heterocycles. The normalized spacial score (nSPS) is 20.7. The van der Waals surface area contributed by atoms with Gasteiger partial charge in [-0.3, -0.25) is 4.79 Å². The molecule has 1 atom stereocenters. The summed E-state index contributed by atoms with van der Waals surface area (Å²) in [5.41, 5.74) is 0.508. The SMILES string of the molecule is O=C(c1ccccc1Cl)N1CC[C@@H](O)C1. The fourth-order valence-electron chi connectivity index (χ4n) is 1.73. The number of β-amino-alcohol motifs (C(OH)–C–C–N with tert-alkyl or cyclic N) is 1. The number of hydrogen-bond acceptors (Lipinski definition) is 2. The van der Waals surface area contributed by atoms with Crippen molar-refractivity contribution < 1.29 is 9.90 Å². The molecule has 1 N–H and O–H groups in total. The topological polar surface area (TPSA) is 40.5 Å². The van der Waals surface area contributed by atoms with Gasteiger partial charge >= 0.3 is 0 Å². The van der Waals surface area contributed by atoms with E-state index in [-0.39, 0.29) is 5.91 Å². The van der Waals surface area contributed by atoms with Crippen LogP contribution in [0.2, 0.25) is 5.02 Å². The van der Waals surface area contributed by atoms with Crippen molar-refractivity contribution in [2.45, 2.75) is 12.5 Å². The molecule has 4 heteroatoms. The highest BCUT2D eigenvalue weighted by atomic mass is 35.5. The minimum absolute atomic E-state index is 0.0999. The van der Waals surface area contributed by atoms with Gasteiger partial charge in [-0.05, 0) is 18.6 Å². The van der Waals surface area contributed by atoms with Gasteiger partial charge < -0.3 is 10.0 Å². The number of carbonyl (C=O) groups excluding carboxylic acids is 1. The van der Waals surface area contributed by atoms with Crippen molar-refractivity contribution in [1.82, 2.24) is 4.90 Å². The maximum Gasteiger partial charge on any atom is 0.255 e. The predicted octanol–water partition coefficient (Wildman–Crippen LogP) is 1.55. The molecule has 3 nitrogen and oxygen atoms in total. The van der Waals surface area contributed by atoms with Crippen LogP contribution < -0.4 is 0 Å². The maximum atomic E-state index is 11.9. The third-order valence-corrected chi connectivity index (χ3v) is 2.88. The highest BCUT2D eigenvalue weighted by molar-refractivity contribution is 6.33. The first kappa shape index (κ1) is 10.5. The molecule has 0 saturated carbocycles. The highest BCUT2D eigenvalue weighted by Gasteiger charge is 2.26. The number of aliphatic hydroxyl groups excluding tert-OH is 1. The predicted molar refractivity (Wildman–Crippen MR) is 58.0 cm³/mol. The molecule has 80 valence electrons. The van der Waals surface area contributed by atoms with Crippen molar-refractivity contribution in [3.8, 4) is 0 Å². The van der Waals surface area contributed by atoms with E-state index < -0.39 is 6.10 Å². The third kappa shape index (κ3) is 2.13. The van der Waals surface area contributed by atoms with E-state index in [4.69, 9.17) is 11.6 Å². The first-order valence-electron chi connectivity index (χ1n) is 4.90. The van der Waals surface area contributed by atoms with Crippen molar-refractivity contribution >= 4 is 17.5 Å². The van der Waals surface area contributed by atoms with Crippen molar-refractivity contribution in [2.24, 2.45) is 0 Å². The molecule has 0 aromatic heterocycles. The standard InChI is InChI=1S/C11H12ClNO2/c12-10-4-2-1-3-9(10)11(15)13-6-5-8(14)7-13/h1-4,8,14H,5-7H2/t8-/m1/s1. The van der Waals surface area contributed by atoms with Crippen molar-refractivity contribution in [2.75, 3.05) is 13.1 Å². The summed E-state index contributed by atoms with van der Waals surface area (Å²) in [6, 6.07) is 6.97. The molecule has 0 aliphatic carbocycles. The van der Waals surface area contributed by atoms with Crippen molar-refractivity contribution in [3.05, 3.63) is 34.9 Å². The first-order valence-corrected chi connectivity index (χ1v) is 5.28. The summed E-state index contributed by atoms with van der Waals surface area (Å²) in [5, 5.41) is 9.80. The van der Waals surface area contributed by atoms with E-state index in [1.165, 1.54) is 0 Å². The second-order valence-electron chi connectivity index (χ2n) is 3.67. The van der Waals surface area contributed by atoms with Gasteiger partial charge in [-0.2, -0.15) is 0 Å². The Morgan fingerprint density at radius 3 is 2.80 bits per heavy atom. The van der Waals surface area contributed by atoms with Crippen molar-refractivity contribution in [3.63, 3.8) is 0 Å². The van der Waals surface area contributed by atoms with Crippen LogP contribution >= 0.6 is 11.6 Å². The van der Waals surface area contributed by atoms with Gasteiger partial charge in [-0.1, -0.05) is 23.7 Å². The zero-order valence-corrected chi connectivity index (χ0v) is 8.94. The van der Waals surface area contributed by atoms with Crippen LogP contribution in [0.1, 0.15) is 16.8 Å². The number of nitrogens with zero attached hydrogens (tertiary/aromatic N) is 1. The van der Waals surface area contributed by atoms with Gasteiger partial charge in [0, 0.05) is 13.1 Å². The van der Waals surface area contributed by atoms with E-state index in [9.17, 15) is 9.90 Å². The van der Waals surface area contributed by atoms with E-state index in [1.54, 1.807) is 29.2 Å². The monoisotopic (exact) mass is 225 g/mol. The van der Waals surface area contributed by atoms with Gasteiger partial charge in [0.2, 0.25) is 0 Å². The minimum Gasteiger partial charge on any atom is -0.391 e. The van der Waals surface area contributed by atoms with Crippen LogP contribution in [-0.4, -0.2) is 35.1 Å². The smallest absolute Gasteiger partial charge is 0.255 e. The Hall–Kier alpha value is -1.06. The number of halogens is 1. The number of rotatable bonds is 1. The third-order valence-electron chi connectivity index (χ3n) is 2.55. The second-order valence-corrected chi connectivity index (χ2v) is 4.08. The molecule has 1 fully saturated rings. The van der Waals surface area contributed by atoms with Crippen LogP contribution in [0.25, 0.3) is 0 Å². The van der Waals surface area contributed by atoms with Crippen LogP contribution in [-0.2, 0) is 0 Å². The van der Waals surface area contributed by atoms with Gasteiger partial charge in [0.05, 0.1) is 16.7 Å². The summed E-state index contributed by atoms with van der Waals surface area (Å²) in [4.78, 5) is 13.6. The molecule has 0 bridgehead atoms. The number of likely N-dealkylation sites (tertiary alicyclic amines) is 1. The van der Waals surface area contributed by atoms with Crippen LogP contribution in [0.3, 0.4) is 0 Å². The average molecular weight is 226 g/mol. The Balaban J connectivity index is 2.18. The van der Waals surface area contributed by atoms with Crippen LogP contribution in [0.5, 0.6) is 0 Å². The van der Waals surface area contributed by atoms with Crippen LogP contribution in [0.15, 0.2) is 24.3 Å². The maximum absolute atomic E-state index is 11.9. The molecule has 1 aromatic carbocycles. The Labute approximate surface area is 93.3 Å². The van der Waals surface area contributed by atoms with E-state index in [0.29, 0.717) is 30.1 Å². The quantitative estimate of drug-likeness (QED) is 0.788. The number of hydrogen-bond donors (Lipinski definition) is 1. The van der Waals surface area contributed by atoms with E-state index in [0.717, 1.165) is 0 Å². The lowest BCUT2D eigenvalue weighted by atomic mass is 10.2. The zero-order chi connectivity index (χ0) is 10.8. The molecule has 15 heavy (non-hydrogen) atoms. The summed E-state index contributed by atoms with van der Waals surface area (Å²) in [5.74, 6) is -0.0999. The summed E-state index contributed by atoms with van der Waals surface area (Å²) >= 11 is 5.92. The molecule has 1 heterocycles. The molecule has 1 aliphatic rings. The Kier molecular flexibility index (Phi) is 2.93. The van der Waals surface area contributed by atoms with Gasteiger partial charge in [-0.25, -0.2) is 0 Å².